The molecule has 7 heteroatoms. The molecular weight excluding hydrogens is 286 g/mol. The van der Waals surface area contributed by atoms with Gasteiger partial charge in [0.15, 0.2) is 11.5 Å². The van der Waals surface area contributed by atoms with E-state index >= 15 is 0 Å². The van der Waals surface area contributed by atoms with E-state index in [1.165, 1.54) is 0 Å². The van der Waals surface area contributed by atoms with E-state index in [0.29, 0.717) is 17.1 Å². The van der Waals surface area contributed by atoms with Gasteiger partial charge in [0.25, 0.3) is 5.91 Å². The summed E-state index contributed by atoms with van der Waals surface area (Å²) in [6.45, 7) is 3.52. The van der Waals surface area contributed by atoms with Gasteiger partial charge in [-0.3, -0.25) is 9.69 Å². The molecule has 3 amide bonds. The van der Waals surface area contributed by atoms with E-state index in [0.717, 1.165) is 4.90 Å². The van der Waals surface area contributed by atoms with E-state index < -0.39 is 17.5 Å². The topological polar surface area (TPSA) is 91.7 Å². The molecule has 1 aromatic rings. The summed E-state index contributed by atoms with van der Waals surface area (Å²) in [6.07, 6.45) is 0. The molecule has 2 atom stereocenters. The number of nitrogens with one attached hydrogen (secondary N) is 1. The third-order valence-corrected chi connectivity index (χ3v) is 3.90. The van der Waals surface area contributed by atoms with Crippen LogP contribution in [0.25, 0.3) is 0 Å². The first kappa shape index (κ1) is 14.2. The molecule has 0 saturated carbocycles. The Kier molecular flexibility index (Phi) is 3.17. The maximum Gasteiger partial charge on any atom is 0.325 e. The fraction of sp³-hybridized carbons (Fsp3) is 0.400. The molecule has 2 aliphatic heterocycles. The van der Waals surface area contributed by atoms with Crippen LogP contribution in [0.4, 0.5) is 4.79 Å². The van der Waals surface area contributed by atoms with E-state index in [4.69, 9.17) is 14.7 Å². The summed E-state index contributed by atoms with van der Waals surface area (Å²) in [5.74, 6) is 0.357. The van der Waals surface area contributed by atoms with E-state index in [1.54, 1.807) is 32.0 Å². The zero-order valence-corrected chi connectivity index (χ0v) is 12.3. The Morgan fingerprint density at radius 1 is 1.41 bits per heavy atom. The van der Waals surface area contributed by atoms with Crippen molar-refractivity contribution in [3.8, 4) is 17.6 Å². The van der Waals surface area contributed by atoms with Gasteiger partial charge in [-0.2, -0.15) is 5.26 Å². The fourth-order valence-corrected chi connectivity index (χ4v) is 2.58. The second-order valence-corrected chi connectivity index (χ2v) is 5.57. The highest BCUT2D eigenvalue weighted by Gasteiger charge is 2.49. The van der Waals surface area contributed by atoms with Crippen molar-refractivity contribution in [3.05, 3.63) is 23.8 Å². The van der Waals surface area contributed by atoms with E-state index in [1.807, 2.05) is 6.07 Å². The average molecular weight is 301 g/mol. The first-order chi connectivity index (χ1) is 10.5. The smallest absolute Gasteiger partial charge is 0.325 e. The van der Waals surface area contributed by atoms with Crippen LogP contribution in [-0.2, 0) is 10.3 Å². The lowest BCUT2D eigenvalue weighted by molar-refractivity contribution is -0.131. The van der Waals surface area contributed by atoms with E-state index in [9.17, 15) is 9.59 Å². The lowest BCUT2D eigenvalue weighted by Gasteiger charge is -2.22. The van der Waals surface area contributed by atoms with Gasteiger partial charge in [-0.25, -0.2) is 4.79 Å². The van der Waals surface area contributed by atoms with E-state index in [-0.39, 0.29) is 19.2 Å². The fourth-order valence-electron chi connectivity index (χ4n) is 2.58. The van der Waals surface area contributed by atoms with Crippen molar-refractivity contribution in [1.29, 1.82) is 5.26 Å². The molecule has 1 saturated heterocycles. The summed E-state index contributed by atoms with van der Waals surface area (Å²) in [6, 6.07) is 6.66. The number of benzene rings is 1. The molecule has 7 nitrogen and oxygen atoms in total. The monoisotopic (exact) mass is 301 g/mol. The molecule has 0 unspecified atom stereocenters. The molecule has 0 aromatic heterocycles. The third-order valence-electron chi connectivity index (χ3n) is 3.90. The average Bonchev–Trinajstić information content (AvgIpc) is 3.05. The lowest BCUT2D eigenvalue weighted by Crippen LogP contribution is -2.41. The second kappa shape index (κ2) is 4.91. The molecule has 0 spiro atoms. The summed E-state index contributed by atoms with van der Waals surface area (Å²) in [4.78, 5) is 25.8. The van der Waals surface area contributed by atoms with Gasteiger partial charge in [-0.05, 0) is 31.5 Å². The summed E-state index contributed by atoms with van der Waals surface area (Å²) in [7, 11) is 0. The number of nitriles is 1. The van der Waals surface area contributed by atoms with Crippen LogP contribution in [0.3, 0.4) is 0 Å². The Labute approximate surface area is 127 Å². The molecule has 22 heavy (non-hydrogen) atoms. The number of urea groups is 1. The van der Waals surface area contributed by atoms with Crippen molar-refractivity contribution in [1.82, 2.24) is 10.2 Å². The highest BCUT2D eigenvalue weighted by atomic mass is 16.7. The molecule has 2 aliphatic rings. The number of fused-ring (bicyclic) bond motifs is 1. The number of carbonyl (C=O) groups is 2. The number of nitrogens with zero attached hydrogens (tertiary/aromatic N) is 2. The summed E-state index contributed by atoms with van der Waals surface area (Å²) >= 11 is 0. The minimum absolute atomic E-state index is 0.0707. The highest BCUT2D eigenvalue weighted by Crippen LogP contribution is 2.37. The number of amides is 3. The number of hydrogen-bond donors (Lipinski definition) is 1. The first-order valence-electron chi connectivity index (χ1n) is 6.89. The van der Waals surface area contributed by atoms with Gasteiger partial charge in [-0.15, -0.1) is 0 Å². The number of carbonyl (C=O) groups excluding carboxylic acids is 2. The predicted molar refractivity (Wildman–Crippen MR) is 74.9 cm³/mol. The second-order valence-electron chi connectivity index (χ2n) is 5.57. The van der Waals surface area contributed by atoms with Crippen molar-refractivity contribution in [2.45, 2.75) is 19.4 Å². The zero-order chi connectivity index (χ0) is 15.9. The largest absolute Gasteiger partial charge is 0.454 e. The molecule has 114 valence electrons. The highest BCUT2D eigenvalue weighted by molar-refractivity contribution is 6.07. The number of imide groups is 1. The summed E-state index contributed by atoms with van der Waals surface area (Å²) in [5, 5.41) is 11.6. The van der Waals surface area contributed by atoms with Crippen molar-refractivity contribution in [3.63, 3.8) is 0 Å². The van der Waals surface area contributed by atoms with Gasteiger partial charge in [0, 0.05) is 6.54 Å². The molecular formula is C15H15N3O4. The summed E-state index contributed by atoms with van der Waals surface area (Å²) in [5.41, 5.74) is -0.560. The van der Waals surface area contributed by atoms with Crippen molar-refractivity contribution in [2.75, 3.05) is 13.3 Å². The van der Waals surface area contributed by atoms with Crippen molar-refractivity contribution in [2.24, 2.45) is 5.92 Å². The minimum Gasteiger partial charge on any atom is -0.454 e. The Bertz CT molecular complexity index is 697. The number of rotatable bonds is 3. The predicted octanol–water partition coefficient (Wildman–Crippen LogP) is 1.34. The van der Waals surface area contributed by atoms with Gasteiger partial charge in [-0.1, -0.05) is 6.07 Å². The van der Waals surface area contributed by atoms with E-state index in [2.05, 4.69) is 5.32 Å². The maximum absolute atomic E-state index is 12.7. The van der Waals surface area contributed by atoms with Crippen LogP contribution in [0.5, 0.6) is 11.5 Å². The van der Waals surface area contributed by atoms with Crippen molar-refractivity contribution >= 4 is 11.9 Å². The Morgan fingerprint density at radius 3 is 2.86 bits per heavy atom. The van der Waals surface area contributed by atoms with Gasteiger partial charge in [0.1, 0.15) is 5.54 Å². The minimum atomic E-state index is -1.17. The number of hydrogen-bond acceptors (Lipinski definition) is 5. The molecule has 1 fully saturated rings. The zero-order valence-electron chi connectivity index (χ0n) is 12.3. The maximum atomic E-state index is 12.7. The molecule has 1 aromatic carbocycles. The lowest BCUT2D eigenvalue weighted by atomic mass is 9.91. The van der Waals surface area contributed by atoms with Crippen LogP contribution in [-0.4, -0.2) is 30.2 Å². The number of ether oxygens (including phenoxy) is 2. The molecule has 0 radical (unpaired) electrons. The van der Waals surface area contributed by atoms with Crippen LogP contribution in [0.15, 0.2) is 18.2 Å². The SMILES string of the molecule is C[C@H](C#N)CN1C(=O)N[C@](C)(c2ccc3c(c2)OCO3)C1=O. The normalized spacial score (nSPS) is 24.1. The Hall–Kier alpha value is -2.75. The quantitative estimate of drug-likeness (QED) is 0.851. The molecule has 3 rings (SSSR count). The van der Waals surface area contributed by atoms with Crippen LogP contribution < -0.4 is 14.8 Å². The van der Waals surface area contributed by atoms with Crippen LogP contribution >= 0.6 is 0 Å². The van der Waals surface area contributed by atoms with Gasteiger partial charge < -0.3 is 14.8 Å². The van der Waals surface area contributed by atoms with Gasteiger partial charge in [0.05, 0.1) is 12.0 Å². The standard InChI is InChI=1S/C15H15N3O4/c1-9(6-16)7-18-13(19)15(2,17-14(18)20)10-3-4-11-12(5-10)22-8-21-11/h3-5,9H,7-8H2,1-2H3,(H,17,20)/t9-,15-/m1/s1. The third kappa shape index (κ3) is 2.04. The van der Waals surface area contributed by atoms with Gasteiger partial charge >= 0.3 is 6.03 Å². The van der Waals surface area contributed by atoms with Crippen LogP contribution in [0.2, 0.25) is 0 Å². The summed E-state index contributed by atoms with van der Waals surface area (Å²) < 4.78 is 10.6. The van der Waals surface area contributed by atoms with Crippen LogP contribution in [0.1, 0.15) is 19.4 Å². The van der Waals surface area contributed by atoms with Crippen molar-refractivity contribution < 1.29 is 19.1 Å². The molecule has 0 aliphatic carbocycles. The molecule has 1 N–H and O–H groups in total. The first-order valence-corrected chi connectivity index (χ1v) is 6.89. The Balaban J connectivity index is 1.92. The molecule has 2 heterocycles. The van der Waals surface area contributed by atoms with Crippen LogP contribution in [0, 0.1) is 17.2 Å². The van der Waals surface area contributed by atoms with Gasteiger partial charge in [0.2, 0.25) is 6.79 Å². The Morgan fingerprint density at radius 2 is 2.14 bits per heavy atom. The molecule has 0 bridgehead atoms.